The number of carbonyl (C=O) groups is 3. The first-order valence-electron chi connectivity index (χ1n) is 13.1. The number of fused-ring (bicyclic) bond motifs is 5. The van der Waals surface area contributed by atoms with Gasteiger partial charge in [-0.05, 0) is 67.3 Å². The van der Waals surface area contributed by atoms with Crippen molar-refractivity contribution in [3.63, 3.8) is 0 Å². The molecule has 3 aromatic carbocycles. The van der Waals surface area contributed by atoms with E-state index in [9.17, 15) is 14.4 Å². The van der Waals surface area contributed by atoms with Crippen molar-refractivity contribution in [2.24, 2.45) is 23.7 Å². The maximum Gasteiger partial charge on any atom is 0.338 e. The Morgan fingerprint density at radius 3 is 1.61 bits per heavy atom. The van der Waals surface area contributed by atoms with E-state index < -0.39 is 17.8 Å². The first kappa shape index (κ1) is 24.1. The molecule has 0 unspecified atom stereocenters. The number of carbonyl (C=O) groups excluding carboxylic acids is 3. The zero-order valence-corrected chi connectivity index (χ0v) is 21.7. The highest BCUT2D eigenvalue weighted by molar-refractivity contribution is 6.23. The van der Waals surface area contributed by atoms with Crippen LogP contribution >= 0.6 is 0 Å². The quantitative estimate of drug-likeness (QED) is 0.247. The number of benzene rings is 3. The summed E-state index contributed by atoms with van der Waals surface area (Å²) >= 11 is 0. The Balaban J connectivity index is 1.40. The van der Waals surface area contributed by atoms with Crippen molar-refractivity contribution in [1.29, 1.82) is 0 Å². The molecule has 5 heteroatoms. The molecular formula is C33H29NO4. The molecule has 1 saturated carbocycles. The third-order valence-electron chi connectivity index (χ3n) is 8.02. The number of allylic oxidation sites excluding steroid dienone is 3. The van der Waals surface area contributed by atoms with Crippen molar-refractivity contribution in [3.8, 4) is 0 Å². The average Bonchev–Trinajstić information content (AvgIpc) is 3.55. The van der Waals surface area contributed by atoms with Gasteiger partial charge >= 0.3 is 5.97 Å². The van der Waals surface area contributed by atoms with Gasteiger partial charge in [0, 0.05) is 11.8 Å². The number of rotatable bonds is 5. The number of aryl methyl sites for hydroxylation is 2. The van der Waals surface area contributed by atoms with Gasteiger partial charge in [0.25, 0.3) is 0 Å². The van der Waals surface area contributed by atoms with E-state index in [0.717, 1.165) is 22.3 Å². The molecule has 6 rings (SSSR count). The number of ether oxygens (including phenoxy) is 1. The summed E-state index contributed by atoms with van der Waals surface area (Å²) in [5, 5.41) is 0. The molecule has 1 saturated heterocycles. The molecule has 4 atom stereocenters. The predicted octanol–water partition coefficient (Wildman–Crippen LogP) is 5.90. The van der Waals surface area contributed by atoms with E-state index >= 15 is 0 Å². The number of nitrogens with zero attached hydrogens (tertiary/aromatic N) is 1. The lowest BCUT2D eigenvalue weighted by Gasteiger charge is -2.22. The van der Waals surface area contributed by atoms with E-state index in [1.165, 1.54) is 16.0 Å². The van der Waals surface area contributed by atoms with Crippen molar-refractivity contribution < 1.29 is 19.1 Å². The molecule has 2 aliphatic carbocycles. The van der Waals surface area contributed by atoms with Crippen LogP contribution in [0.4, 0.5) is 5.69 Å². The van der Waals surface area contributed by atoms with Crippen LogP contribution in [-0.2, 0) is 14.3 Å². The fourth-order valence-electron chi connectivity index (χ4n) is 6.25. The van der Waals surface area contributed by atoms with Crippen molar-refractivity contribution in [1.82, 2.24) is 0 Å². The van der Waals surface area contributed by atoms with Gasteiger partial charge in [0.1, 0.15) is 0 Å². The molecule has 3 aliphatic rings. The van der Waals surface area contributed by atoms with Gasteiger partial charge in [-0.3, -0.25) is 9.59 Å². The Labute approximate surface area is 222 Å². The number of anilines is 1. The smallest absolute Gasteiger partial charge is 0.338 e. The van der Waals surface area contributed by atoms with Crippen LogP contribution in [-0.4, -0.2) is 24.4 Å². The number of hydrogen-bond acceptors (Lipinski definition) is 4. The lowest BCUT2D eigenvalue weighted by atomic mass is 9.85. The first-order chi connectivity index (χ1) is 18.4. The SMILES string of the molecule is CCOC(=O)c1ccc(N2C(=O)[C@@H]3[C@H](C2=O)[C@H]2C=C[C@H]3C2=C(c2ccc(C)cc2)c2ccc(C)cc2)cc1. The van der Waals surface area contributed by atoms with Crippen LogP contribution in [0.3, 0.4) is 0 Å². The lowest BCUT2D eigenvalue weighted by molar-refractivity contribution is -0.122. The van der Waals surface area contributed by atoms with E-state index in [1.807, 2.05) is 0 Å². The van der Waals surface area contributed by atoms with Gasteiger partial charge in [-0.1, -0.05) is 71.8 Å². The third kappa shape index (κ3) is 3.73. The number of amides is 2. The fourth-order valence-corrected chi connectivity index (χ4v) is 6.25. The summed E-state index contributed by atoms with van der Waals surface area (Å²) in [4.78, 5) is 41.0. The molecule has 0 radical (unpaired) electrons. The van der Waals surface area contributed by atoms with Gasteiger partial charge in [0.2, 0.25) is 11.8 Å². The Hall–Kier alpha value is -4.25. The van der Waals surface area contributed by atoms with Crippen LogP contribution in [0.2, 0.25) is 0 Å². The van der Waals surface area contributed by atoms with E-state index in [1.54, 1.807) is 31.2 Å². The second-order valence-electron chi connectivity index (χ2n) is 10.3. The zero-order valence-electron chi connectivity index (χ0n) is 21.7. The van der Waals surface area contributed by atoms with E-state index in [4.69, 9.17) is 4.74 Å². The molecule has 0 aromatic heterocycles. The molecule has 0 N–H and O–H groups in total. The van der Waals surface area contributed by atoms with Crippen LogP contribution in [0.15, 0.2) is 90.5 Å². The highest BCUT2D eigenvalue weighted by Crippen LogP contribution is 2.58. The molecule has 2 fully saturated rings. The Morgan fingerprint density at radius 1 is 0.711 bits per heavy atom. The van der Waals surface area contributed by atoms with Crippen molar-refractivity contribution in [3.05, 3.63) is 118 Å². The zero-order chi connectivity index (χ0) is 26.6. The molecule has 2 amide bonds. The molecule has 2 bridgehead atoms. The molecule has 1 aliphatic heterocycles. The molecule has 3 aromatic rings. The lowest BCUT2D eigenvalue weighted by Crippen LogP contribution is -2.33. The van der Waals surface area contributed by atoms with Crippen LogP contribution in [0.25, 0.3) is 5.57 Å². The fraction of sp³-hybridized carbons (Fsp3) is 0.242. The van der Waals surface area contributed by atoms with Crippen molar-refractivity contribution in [2.45, 2.75) is 20.8 Å². The average molecular weight is 504 g/mol. The van der Waals surface area contributed by atoms with Crippen LogP contribution in [0.1, 0.15) is 39.5 Å². The van der Waals surface area contributed by atoms with E-state index in [-0.39, 0.29) is 30.3 Å². The molecular weight excluding hydrogens is 474 g/mol. The summed E-state index contributed by atoms with van der Waals surface area (Å²) in [6, 6.07) is 23.5. The topological polar surface area (TPSA) is 63.7 Å². The summed E-state index contributed by atoms with van der Waals surface area (Å²) in [6.07, 6.45) is 4.23. The standard InChI is InChI=1S/C33H29NO4/c1-4-38-33(37)23-13-15-24(16-14-23)34-31(35)29-25-17-18-26(30(29)32(34)36)28(25)27(21-9-5-19(2)6-10-21)22-11-7-20(3)8-12-22/h5-18,25-26,29-30H,4H2,1-3H3/t25-,26-,29-,30+/m0/s1. The largest absolute Gasteiger partial charge is 0.462 e. The highest BCUT2D eigenvalue weighted by Gasteiger charge is 2.62. The minimum absolute atomic E-state index is 0.136. The second-order valence-corrected chi connectivity index (χ2v) is 10.3. The maximum atomic E-state index is 13.8. The van der Waals surface area contributed by atoms with Gasteiger partial charge in [-0.2, -0.15) is 0 Å². The highest BCUT2D eigenvalue weighted by atomic mass is 16.5. The minimum Gasteiger partial charge on any atom is -0.462 e. The number of imide groups is 1. The Morgan fingerprint density at radius 2 is 1.16 bits per heavy atom. The van der Waals surface area contributed by atoms with Gasteiger partial charge in [-0.15, -0.1) is 0 Å². The van der Waals surface area contributed by atoms with Crippen molar-refractivity contribution >= 4 is 29.0 Å². The summed E-state index contributed by atoms with van der Waals surface area (Å²) in [6.45, 7) is 6.17. The molecule has 5 nitrogen and oxygen atoms in total. The van der Waals surface area contributed by atoms with Crippen molar-refractivity contribution in [2.75, 3.05) is 11.5 Å². The monoisotopic (exact) mass is 503 g/mol. The van der Waals surface area contributed by atoms with Crippen LogP contribution in [0.5, 0.6) is 0 Å². The maximum absolute atomic E-state index is 13.8. The number of esters is 1. The number of hydrogen-bond donors (Lipinski definition) is 0. The molecule has 0 spiro atoms. The van der Waals surface area contributed by atoms with Gasteiger partial charge in [0.15, 0.2) is 0 Å². The van der Waals surface area contributed by atoms with Gasteiger partial charge < -0.3 is 4.74 Å². The van der Waals surface area contributed by atoms with Crippen LogP contribution in [0, 0.1) is 37.5 Å². The third-order valence-corrected chi connectivity index (χ3v) is 8.02. The Kier molecular flexibility index (Phi) is 5.87. The molecule has 38 heavy (non-hydrogen) atoms. The normalized spacial score (nSPS) is 23.2. The summed E-state index contributed by atoms with van der Waals surface area (Å²) in [5.41, 5.74) is 7.71. The van der Waals surface area contributed by atoms with Crippen LogP contribution < -0.4 is 4.90 Å². The summed E-state index contributed by atoms with van der Waals surface area (Å²) < 4.78 is 5.05. The van der Waals surface area contributed by atoms with Gasteiger partial charge in [0.05, 0.1) is 29.7 Å². The minimum atomic E-state index is -0.428. The predicted molar refractivity (Wildman–Crippen MR) is 146 cm³/mol. The molecule has 1 heterocycles. The van der Waals surface area contributed by atoms with Gasteiger partial charge in [-0.25, -0.2) is 9.69 Å². The Bertz CT molecular complexity index is 1410. The van der Waals surface area contributed by atoms with E-state index in [2.05, 4.69) is 74.5 Å². The summed E-state index contributed by atoms with van der Waals surface area (Å²) in [7, 11) is 0. The summed E-state index contributed by atoms with van der Waals surface area (Å²) in [5.74, 6) is -1.90. The van der Waals surface area contributed by atoms with E-state index in [0.29, 0.717) is 11.3 Å². The first-order valence-corrected chi connectivity index (χ1v) is 13.1. The second kappa shape index (κ2) is 9.25. The molecule has 190 valence electrons.